The van der Waals surface area contributed by atoms with Crippen molar-refractivity contribution in [1.82, 2.24) is 9.62 Å². The maximum Gasteiger partial charge on any atom is 0.224 e. The number of carbonyl (C=O) groups is 1. The zero-order chi connectivity index (χ0) is 21.7. The Hall–Kier alpha value is -1.31. The fraction of sp³-hybridized carbons (Fsp3) is 0.381. The summed E-state index contributed by atoms with van der Waals surface area (Å²) in [5.74, 6) is -0.639. The molecule has 0 aromatic heterocycles. The molecule has 0 spiro atoms. The van der Waals surface area contributed by atoms with Gasteiger partial charge in [-0.25, -0.2) is 12.7 Å². The molecule has 5 nitrogen and oxygen atoms in total. The van der Waals surface area contributed by atoms with Crippen LogP contribution in [-0.4, -0.2) is 38.3 Å². The van der Waals surface area contributed by atoms with Crippen LogP contribution < -0.4 is 5.32 Å². The Kier molecular flexibility index (Phi) is 8.04. The van der Waals surface area contributed by atoms with Gasteiger partial charge in [0.1, 0.15) is 0 Å². The lowest BCUT2D eigenvalue weighted by atomic mass is 9.99. The lowest BCUT2D eigenvalue weighted by molar-refractivity contribution is -0.126. The van der Waals surface area contributed by atoms with Gasteiger partial charge in [-0.05, 0) is 54.7 Å². The predicted molar refractivity (Wildman–Crippen MR) is 122 cm³/mol. The molecule has 0 aliphatic carbocycles. The monoisotopic (exact) mass is 488 g/mol. The van der Waals surface area contributed by atoms with Crippen molar-refractivity contribution in [2.45, 2.75) is 25.0 Å². The lowest BCUT2D eigenvalue weighted by Crippen LogP contribution is -2.46. The molecule has 1 fully saturated rings. The van der Waals surface area contributed by atoms with Crippen LogP contribution in [0.1, 0.15) is 24.0 Å². The van der Waals surface area contributed by atoms with Crippen molar-refractivity contribution in [2.75, 3.05) is 19.6 Å². The van der Waals surface area contributed by atoms with Crippen molar-refractivity contribution >= 4 is 50.7 Å². The van der Waals surface area contributed by atoms with Crippen LogP contribution in [0, 0.1) is 5.92 Å². The summed E-state index contributed by atoms with van der Waals surface area (Å²) in [6.07, 6.45) is 2.01. The molecule has 3 rings (SSSR count). The van der Waals surface area contributed by atoms with Crippen LogP contribution in [0.3, 0.4) is 0 Å². The number of sulfonamides is 1. The van der Waals surface area contributed by atoms with E-state index in [1.165, 1.54) is 4.31 Å². The second-order valence-electron chi connectivity index (χ2n) is 7.37. The smallest absolute Gasteiger partial charge is 0.224 e. The number of halogens is 3. The van der Waals surface area contributed by atoms with Crippen LogP contribution in [0.5, 0.6) is 0 Å². The first-order valence-electron chi connectivity index (χ1n) is 9.68. The standard InChI is InChI=1S/C21H23Cl3N2O3S/c22-18-6-3-15(4-7-18)9-10-25-21(27)17-2-1-11-26(13-17)30(28,29)14-16-5-8-19(23)20(24)12-16/h3-8,12,17H,1-2,9-11,13-14H2,(H,25,27)/t17-/m0/s1. The number of hydrogen-bond acceptors (Lipinski definition) is 3. The van der Waals surface area contributed by atoms with E-state index in [2.05, 4.69) is 5.32 Å². The van der Waals surface area contributed by atoms with E-state index in [1.54, 1.807) is 18.2 Å². The molecule has 0 radical (unpaired) electrons. The highest BCUT2D eigenvalue weighted by atomic mass is 35.5. The largest absolute Gasteiger partial charge is 0.355 e. The molecule has 1 atom stereocenters. The molecule has 2 aromatic carbocycles. The number of nitrogens with zero attached hydrogens (tertiary/aromatic N) is 1. The number of piperidine rings is 1. The molecule has 1 N–H and O–H groups in total. The number of carbonyl (C=O) groups excluding carboxylic acids is 1. The Labute approximate surface area is 192 Å². The van der Waals surface area contributed by atoms with Gasteiger partial charge in [-0.3, -0.25) is 4.79 Å². The molecular weight excluding hydrogens is 467 g/mol. The van der Waals surface area contributed by atoms with E-state index in [-0.39, 0.29) is 24.1 Å². The van der Waals surface area contributed by atoms with Gasteiger partial charge >= 0.3 is 0 Å². The summed E-state index contributed by atoms with van der Waals surface area (Å²) in [5.41, 5.74) is 1.65. The SMILES string of the molecule is O=C(NCCc1ccc(Cl)cc1)[C@H]1CCCN(S(=O)(=O)Cc2ccc(Cl)c(Cl)c2)C1. The highest BCUT2D eigenvalue weighted by Crippen LogP contribution is 2.26. The highest BCUT2D eigenvalue weighted by molar-refractivity contribution is 7.88. The second-order valence-corrected chi connectivity index (χ2v) is 10.6. The van der Waals surface area contributed by atoms with Crippen molar-refractivity contribution < 1.29 is 13.2 Å². The molecule has 0 bridgehead atoms. The quantitative estimate of drug-likeness (QED) is 0.620. The minimum atomic E-state index is -3.56. The van der Waals surface area contributed by atoms with E-state index in [4.69, 9.17) is 34.8 Å². The third kappa shape index (κ3) is 6.34. The zero-order valence-corrected chi connectivity index (χ0v) is 19.4. The minimum Gasteiger partial charge on any atom is -0.355 e. The lowest BCUT2D eigenvalue weighted by Gasteiger charge is -2.31. The third-order valence-corrected chi connectivity index (χ3v) is 7.92. The Bertz CT molecular complexity index is 997. The van der Waals surface area contributed by atoms with Gasteiger partial charge in [0, 0.05) is 24.7 Å². The molecule has 9 heteroatoms. The summed E-state index contributed by atoms with van der Waals surface area (Å²) in [5, 5.41) is 4.30. The maximum atomic E-state index is 12.9. The molecule has 0 saturated carbocycles. The average Bonchev–Trinajstić information content (AvgIpc) is 2.72. The normalized spacial score (nSPS) is 17.6. The van der Waals surface area contributed by atoms with Gasteiger partial charge in [0.2, 0.25) is 15.9 Å². The van der Waals surface area contributed by atoms with Gasteiger partial charge in [0.15, 0.2) is 0 Å². The predicted octanol–water partition coefficient (Wildman–Crippen LogP) is 4.55. The molecule has 2 aromatic rings. The molecular formula is C21H23Cl3N2O3S. The topological polar surface area (TPSA) is 66.5 Å². The summed E-state index contributed by atoms with van der Waals surface area (Å²) in [6.45, 7) is 1.10. The maximum absolute atomic E-state index is 12.9. The third-order valence-electron chi connectivity index (χ3n) is 5.11. The van der Waals surface area contributed by atoms with Crippen LogP contribution in [0.25, 0.3) is 0 Å². The van der Waals surface area contributed by atoms with Crippen LogP contribution in [-0.2, 0) is 27.0 Å². The summed E-state index contributed by atoms with van der Waals surface area (Å²) in [6, 6.07) is 12.3. The fourth-order valence-corrected chi connectivity index (χ4v) is 5.51. The first-order chi connectivity index (χ1) is 14.2. The van der Waals surface area contributed by atoms with Crippen LogP contribution >= 0.6 is 34.8 Å². The first-order valence-corrected chi connectivity index (χ1v) is 12.4. The molecule has 1 saturated heterocycles. The summed E-state index contributed by atoms with van der Waals surface area (Å²) in [7, 11) is -3.56. The van der Waals surface area contributed by atoms with E-state index < -0.39 is 10.0 Å². The first kappa shape index (κ1) is 23.4. The molecule has 162 valence electrons. The average molecular weight is 490 g/mol. The van der Waals surface area contributed by atoms with Crippen molar-refractivity contribution in [3.05, 3.63) is 68.7 Å². The van der Waals surface area contributed by atoms with E-state index >= 15 is 0 Å². The van der Waals surface area contributed by atoms with Gasteiger partial charge in [0.25, 0.3) is 0 Å². The van der Waals surface area contributed by atoms with Crippen molar-refractivity contribution in [3.8, 4) is 0 Å². The van der Waals surface area contributed by atoms with Crippen molar-refractivity contribution in [2.24, 2.45) is 5.92 Å². The number of benzene rings is 2. The van der Waals surface area contributed by atoms with Crippen molar-refractivity contribution in [1.29, 1.82) is 0 Å². The zero-order valence-electron chi connectivity index (χ0n) is 16.3. The number of rotatable bonds is 7. The molecule has 30 heavy (non-hydrogen) atoms. The van der Waals surface area contributed by atoms with E-state index in [9.17, 15) is 13.2 Å². The number of hydrogen-bond donors (Lipinski definition) is 1. The number of nitrogens with one attached hydrogen (secondary N) is 1. The fourth-order valence-electron chi connectivity index (χ4n) is 3.47. The van der Waals surface area contributed by atoms with Gasteiger partial charge in [-0.1, -0.05) is 53.0 Å². The number of amides is 1. The second kappa shape index (κ2) is 10.3. The van der Waals surface area contributed by atoms with Crippen LogP contribution in [0.2, 0.25) is 15.1 Å². The Morgan fingerprint density at radius 1 is 1.03 bits per heavy atom. The van der Waals surface area contributed by atoms with Gasteiger partial charge in [-0.2, -0.15) is 0 Å². The molecule has 1 aliphatic heterocycles. The molecule has 1 aliphatic rings. The van der Waals surface area contributed by atoms with Gasteiger partial charge in [-0.15, -0.1) is 0 Å². The van der Waals surface area contributed by atoms with Crippen molar-refractivity contribution in [3.63, 3.8) is 0 Å². The van der Waals surface area contributed by atoms with E-state index in [0.29, 0.717) is 53.0 Å². The molecule has 1 heterocycles. The van der Waals surface area contributed by atoms with E-state index in [1.807, 2.05) is 24.3 Å². The summed E-state index contributed by atoms with van der Waals surface area (Å²) in [4.78, 5) is 12.6. The minimum absolute atomic E-state index is 0.113. The molecule has 1 amide bonds. The van der Waals surface area contributed by atoms with Crippen LogP contribution in [0.4, 0.5) is 0 Å². The highest BCUT2D eigenvalue weighted by Gasteiger charge is 2.32. The Balaban J connectivity index is 1.54. The Morgan fingerprint density at radius 3 is 2.43 bits per heavy atom. The Morgan fingerprint density at radius 2 is 1.73 bits per heavy atom. The van der Waals surface area contributed by atoms with Crippen LogP contribution in [0.15, 0.2) is 42.5 Å². The summed E-state index contributed by atoms with van der Waals surface area (Å²) >= 11 is 17.8. The van der Waals surface area contributed by atoms with Gasteiger partial charge < -0.3 is 5.32 Å². The molecule has 0 unspecified atom stereocenters. The van der Waals surface area contributed by atoms with Gasteiger partial charge in [0.05, 0.1) is 21.7 Å². The summed E-state index contributed by atoms with van der Waals surface area (Å²) < 4.78 is 27.1. The van der Waals surface area contributed by atoms with E-state index in [0.717, 1.165) is 5.56 Å².